The largest absolute Gasteiger partial charge is 0.311 e. The Morgan fingerprint density at radius 2 is 0.660 bits per heavy atom. The van der Waals surface area contributed by atoms with Gasteiger partial charge in [0.2, 0.25) is 0 Å². The van der Waals surface area contributed by atoms with Crippen LogP contribution in [0.3, 0.4) is 0 Å². The van der Waals surface area contributed by atoms with Crippen LogP contribution in [-0.4, -0.2) is 0 Å². The third kappa shape index (κ3) is 6.65. The van der Waals surface area contributed by atoms with Crippen molar-refractivity contribution in [3.05, 3.63) is 224 Å². The summed E-state index contributed by atoms with van der Waals surface area (Å²) in [6, 6.07) is 38.7. The Bertz CT molecular complexity index is 3250. The highest BCUT2D eigenvalue weighted by Gasteiger charge is 2.15. The monoisotopic (exact) mass is 687 g/mol. The van der Waals surface area contributed by atoms with Gasteiger partial charge in [-0.25, -0.2) is 0 Å². The van der Waals surface area contributed by atoms with Crippen molar-refractivity contribution in [1.29, 1.82) is 0 Å². The van der Waals surface area contributed by atoms with E-state index >= 15 is 0 Å². The number of rotatable bonds is 8. The topological polar surface area (TPSA) is 3.24 Å². The smallest absolute Gasteiger partial charge is 0.0645 e. The van der Waals surface area contributed by atoms with E-state index in [0.717, 1.165) is 37.9 Å². The summed E-state index contributed by atoms with van der Waals surface area (Å²) in [7, 11) is 0. The van der Waals surface area contributed by atoms with Crippen molar-refractivity contribution >= 4 is 27.8 Å². The average Bonchev–Trinajstić information content (AvgIpc) is 3.33. The minimum Gasteiger partial charge on any atom is -0.311 e. The molecule has 0 aliphatic rings. The van der Waals surface area contributed by atoms with Crippen molar-refractivity contribution < 1.29 is 16.4 Å². The molecular weight excluding hydrogens is 639 g/mol. The van der Waals surface area contributed by atoms with E-state index in [1.54, 1.807) is 60.7 Å². The van der Waals surface area contributed by atoms with Gasteiger partial charge in [0.05, 0.1) is 16.4 Å². The first kappa shape index (κ1) is 21.4. The van der Waals surface area contributed by atoms with Crippen LogP contribution in [0.2, 0.25) is 0 Å². The summed E-state index contributed by atoms with van der Waals surface area (Å²) >= 11 is 0. The maximum Gasteiger partial charge on any atom is 0.0645 e. The SMILES string of the molecule is [2H]c1c([2H])c(N(c2c([2H])c([2H])c(-c3ccc(-c4ccccc4)c(-c4ccccc4)c3)c([2H])c2[2H])c2c([2H])c([2H])c(-c3ccc4ccccc4c3)c([2H])c2[2H])c([2H])c([2H])c1-c1ccccc1. The Morgan fingerprint density at radius 3 is 1.19 bits per heavy atom. The van der Waals surface area contributed by atoms with Gasteiger partial charge in [-0.3, -0.25) is 0 Å². The number of fused-ring (bicyclic) bond motifs is 1. The second-order valence-electron chi connectivity index (χ2n) is 12.4. The van der Waals surface area contributed by atoms with Crippen LogP contribution in [0.25, 0.3) is 66.4 Å². The molecule has 9 aromatic carbocycles. The third-order valence-corrected chi connectivity index (χ3v) is 9.08. The standard InChI is InChI=1S/C52H37N/c1-4-12-38(13-5-1)40-22-29-48(30-23-40)53(49-31-24-41(25-32-49)46-21-20-39-14-10-11-19-45(39)36-46)50-33-26-42(27-34-50)47-28-35-51(43-15-6-2-7-16-43)52(37-47)44-17-8-3-9-18-44/h1-37H/i22D,23D,24D,25D,26D,27D,29D,30D,31D,32D,33D,34D. The summed E-state index contributed by atoms with van der Waals surface area (Å²) in [5, 5.41) is 1.69. The molecule has 0 spiro atoms. The zero-order chi connectivity index (χ0) is 45.8. The maximum atomic E-state index is 9.61. The van der Waals surface area contributed by atoms with Crippen molar-refractivity contribution in [2.75, 3.05) is 4.90 Å². The van der Waals surface area contributed by atoms with Crippen molar-refractivity contribution in [1.82, 2.24) is 0 Å². The molecular formula is C52H37N. The van der Waals surface area contributed by atoms with Gasteiger partial charge in [0.1, 0.15) is 0 Å². The van der Waals surface area contributed by atoms with Crippen molar-refractivity contribution in [2.45, 2.75) is 0 Å². The summed E-state index contributed by atoms with van der Waals surface area (Å²) in [6.07, 6.45) is 0. The molecule has 0 amide bonds. The van der Waals surface area contributed by atoms with E-state index in [0.29, 0.717) is 16.7 Å². The van der Waals surface area contributed by atoms with Gasteiger partial charge in [-0.2, -0.15) is 0 Å². The molecule has 53 heavy (non-hydrogen) atoms. The molecule has 0 fully saturated rings. The van der Waals surface area contributed by atoms with Crippen molar-refractivity contribution in [2.24, 2.45) is 0 Å². The predicted octanol–water partition coefficient (Wildman–Crippen LogP) is 14.6. The van der Waals surface area contributed by atoms with Gasteiger partial charge in [-0.15, -0.1) is 0 Å². The summed E-state index contributed by atoms with van der Waals surface area (Å²) < 4.78 is 113. The lowest BCUT2D eigenvalue weighted by atomic mass is 9.91. The second kappa shape index (κ2) is 14.3. The van der Waals surface area contributed by atoms with E-state index in [9.17, 15) is 16.4 Å². The third-order valence-electron chi connectivity index (χ3n) is 9.08. The van der Waals surface area contributed by atoms with Crippen LogP contribution < -0.4 is 4.90 Å². The Balaban J connectivity index is 1.32. The zero-order valence-electron chi connectivity index (χ0n) is 40.4. The van der Waals surface area contributed by atoms with E-state index in [4.69, 9.17) is 0 Å². The highest BCUT2D eigenvalue weighted by molar-refractivity contribution is 5.89. The summed E-state index contributed by atoms with van der Waals surface area (Å²) in [5.74, 6) is 0. The van der Waals surface area contributed by atoms with Gasteiger partial charge in [-0.05, 0) is 115 Å². The fourth-order valence-electron chi connectivity index (χ4n) is 6.40. The molecule has 0 unspecified atom stereocenters. The number of hydrogen-bond acceptors (Lipinski definition) is 1. The quantitative estimate of drug-likeness (QED) is 0.154. The lowest BCUT2D eigenvalue weighted by Gasteiger charge is -2.26. The Kier molecular flexibility index (Phi) is 5.80. The number of hydrogen-bond donors (Lipinski definition) is 0. The van der Waals surface area contributed by atoms with Crippen LogP contribution in [0.4, 0.5) is 17.1 Å². The van der Waals surface area contributed by atoms with Gasteiger partial charge in [-0.1, -0.05) is 176 Å². The van der Waals surface area contributed by atoms with E-state index in [1.807, 2.05) is 91.0 Å². The lowest BCUT2D eigenvalue weighted by Crippen LogP contribution is -2.09. The molecule has 1 heteroatoms. The maximum absolute atomic E-state index is 9.61. The van der Waals surface area contributed by atoms with Gasteiger partial charge in [0.25, 0.3) is 0 Å². The van der Waals surface area contributed by atoms with Gasteiger partial charge in [0, 0.05) is 17.1 Å². The van der Waals surface area contributed by atoms with E-state index < -0.39 is 89.6 Å². The summed E-state index contributed by atoms with van der Waals surface area (Å²) in [4.78, 5) is 0.846. The number of nitrogens with zero attached hydrogens (tertiary/aromatic N) is 1. The molecule has 0 saturated heterocycles. The van der Waals surface area contributed by atoms with Gasteiger partial charge >= 0.3 is 0 Å². The van der Waals surface area contributed by atoms with Crippen molar-refractivity contribution in [3.63, 3.8) is 0 Å². The molecule has 0 saturated carbocycles. The first-order valence-electron chi connectivity index (χ1n) is 23.2. The first-order valence-corrected chi connectivity index (χ1v) is 17.2. The van der Waals surface area contributed by atoms with E-state index in [-0.39, 0.29) is 16.7 Å². The summed E-state index contributed by atoms with van der Waals surface area (Å²) in [6.45, 7) is 0. The highest BCUT2D eigenvalue weighted by atomic mass is 15.1. The van der Waals surface area contributed by atoms with Gasteiger partial charge < -0.3 is 4.90 Å². The van der Waals surface area contributed by atoms with Crippen molar-refractivity contribution in [3.8, 4) is 55.6 Å². The number of benzene rings is 9. The lowest BCUT2D eigenvalue weighted by molar-refractivity contribution is 1.28. The predicted molar refractivity (Wildman–Crippen MR) is 226 cm³/mol. The molecule has 0 aliphatic carbocycles. The molecule has 0 bridgehead atoms. The minimum atomic E-state index is -0.672. The molecule has 1 nitrogen and oxygen atoms in total. The Morgan fingerprint density at radius 1 is 0.264 bits per heavy atom. The molecule has 0 N–H and O–H groups in total. The summed E-state index contributed by atoms with van der Waals surface area (Å²) in [5.41, 5.74) is 2.66. The fraction of sp³-hybridized carbons (Fsp3) is 0. The normalized spacial score (nSPS) is 14.2. The molecule has 0 aliphatic heterocycles. The van der Waals surface area contributed by atoms with Crippen LogP contribution >= 0.6 is 0 Å². The van der Waals surface area contributed by atoms with Crippen LogP contribution in [0.5, 0.6) is 0 Å². The van der Waals surface area contributed by atoms with Crippen LogP contribution in [-0.2, 0) is 0 Å². The Labute approximate surface area is 328 Å². The van der Waals surface area contributed by atoms with Crippen LogP contribution in [0.15, 0.2) is 224 Å². The highest BCUT2D eigenvalue weighted by Crippen LogP contribution is 2.40. The molecule has 9 aromatic rings. The molecule has 0 aromatic heterocycles. The molecule has 0 radical (unpaired) electrons. The van der Waals surface area contributed by atoms with Crippen LogP contribution in [0, 0.1) is 0 Å². The first-order chi connectivity index (χ1) is 31.3. The average molecular weight is 688 g/mol. The number of anilines is 3. The molecule has 0 heterocycles. The zero-order valence-corrected chi connectivity index (χ0v) is 28.4. The molecule has 0 atom stereocenters. The minimum absolute atomic E-state index is 0.0430. The fourth-order valence-corrected chi connectivity index (χ4v) is 6.40. The van der Waals surface area contributed by atoms with Crippen LogP contribution in [0.1, 0.15) is 16.4 Å². The van der Waals surface area contributed by atoms with E-state index in [2.05, 4.69) is 0 Å². The van der Waals surface area contributed by atoms with Gasteiger partial charge in [0.15, 0.2) is 0 Å². The molecule has 250 valence electrons. The molecule has 9 rings (SSSR count). The van der Waals surface area contributed by atoms with E-state index in [1.165, 1.54) is 0 Å². The Hall–Kier alpha value is -6.96. The second-order valence-corrected chi connectivity index (χ2v) is 12.4.